The van der Waals surface area contributed by atoms with Crippen LogP contribution in [-0.4, -0.2) is 29.5 Å². The van der Waals surface area contributed by atoms with E-state index in [1.165, 1.54) is 0 Å². The van der Waals surface area contributed by atoms with Crippen LogP contribution in [0.25, 0.3) is 0 Å². The van der Waals surface area contributed by atoms with Gasteiger partial charge in [-0.05, 0) is 26.8 Å². The predicted octanol–water partition coefficient (Wildman–Crippen LogP) is 2.63. The van der Waals surface area contributed by atoms with E-state index < -0.39 is 0 Å². The van der Waals surface area contributed by atoms with E-state index in [0.717, 1.165) is 25.2 Å². The van der Waals surface area contributed by atoms with Crippen molar-refractivity contribution in [2.24, 2.45) is 0 Å². The van der Waals surface area contributed by atoms with Crippen molar-refractivity contribution < 1.29 is 4.74 Å². The van der Waals surface area contributed by atoms with Crippen molar-refractivity contribution in [3.05, 3.63) is 16.9 Å². The number of aryl methyl sites for hydroxylation is 1. The molecule has 0 aromatic carbocycles. The normalized spacial score (nSPS) is 12.9. The van der Waals surface area contributed by atoms with Gasteiger partial charge in [-0.25, -0.2) is 0 Å². The lowest BCUT2D eigenvalue weighted by molar-refractivity contribution is 0.120. The molecule has 0 radical (unpaired) electrons. The maximum absolute atomic E-state index is 6.20. The lowest BCUT2D eigenvalue weighted by Crippen LogP contribution is -2.29. The van der Waals surface area contributed by atoms with Crippen molar-refractivity contribution in [2.45, 2.75) is 39.8 Å². The molecule has 1 N–H and O–H groups in total. The molecular formula is C12H22ClN3O. The first-order valence-electron chi connectivity index (χ1n) is 6.26. The minimum absolute atomic E-state index is 0.116. The summed E-state index contributed by atoms with van der Waals surface area (Å²) in [4.78, 5) is 0. The maximum Gasteiger partial charge on any atom is 0.0835 e. The lowest BCUT2D eigenvalue weighted by Gasteiger charge is -2.20. The maximum atomic E-state index is 6.20. The van der Waals surface area contributed by atoms with Crippen LogP contribution in [0.15, 0.2) is 6.20 Å². The van der Waals surface area contributed by atoms with Crippen LogP contribution in [0.1, 0.15) is 38.9 Å². The zero-order valence-electron chi connectivity index (χ0n) is 10.9. The van der Waals surface area contributed by atoms with Gasteiger partial charge in [0.15, 0.2) is 0 Å². The zero-order valence-corrected chi connectivity index (χ0v) is 11.6. The third-order valence-electron chi connectivity index (χ3n) is 2.59. The molecule has 4 nitrogen and oxygen atoms in total. The van der Waals surface area contributed by atoms with Gasteiger partial charge in [0.2, 0.25) is 0 Å². The molecule has 0 aliphatic rings. The van der Waals surface area contributed by atoms with Gasteiger partial charge in [-0.15, -0.1) is 0 Å². The van der Waals surface area contributed by atoms with Crippen molar-refractivity contribution in [3.8, 4) is 0 Å². The van der Waals surface area contributed by atoms with Gasteiger partial charge in [-0.1, -0.05) is 18.5 Å². The van der Waals surface area contributed by atoms with Gasteiger partial charge in [-0.2, -0.15) is 5.10 Å². The number of ether oxygens (including phenoxy) is 1. The predicted molar refractivity (Wildman–Crippen MR) is 70.4 cm³/mol. The van der Waals surface area contributed by atoms with E-state index in [2.05, 4.69) is 24.3 Å². The van der Waals surface area contributed by atoms with Crippen molar-refractivity contribution in [3.63, 3.8) is 0 Å². The van der Waals surface area contributed by atoms with Crippen LogP contribution in [0.4, 0.5) is 0 Å². The molecule has 1 atom stereocenters. The number of aromatic nitrogens is 2. The van der Waals surface area contributed by atoms with Crippen LogP contribution in [0.5, 0.6) is 0 Å². The summed E-state index contributed by atoms with van der Waals surface area (Å²) in [7, 11) is 0. The molecule has 0 saturated heterocycles. The minimum atomic E-state index is 0.116. The third-order valence-corrected chi connectivity index (χ3v) is 2.88. The minimum Gasteiger partial charge on any atom is -0.380 e. The molecule has 0 aliphatic heterocycles. The molecule has 1 rings (SSSR count). The molecule has 0 spiro atoms. The SMILES string of the molecule is CCCNC(COCC)c1c(Cl)cnn1CC. The first-order valence-corrected chi connectivity index (χ1v) is 6.64. The van der Waals surface area contributed by atoms with Crippen LogP contribution >= 0.6 is 11.6 Å². The zero-order chi connectivity index (χ0) is 12.7. The molecule has 1 unspecified atom stereocenters. The number of halogens is 1. The Balaban J connectivity index is 2.81. The topological polar surface area (TPSA) is 39.1 Å². The van der Waals surface area contributed by atoms with Crippen molar-refractivity contribution in [1.82, 2.24) is 15.1 Å². The summed E-state index contributed by atoms with van der Waals surface area (Å²) in [5.41, 5.74) is 1.02. The molecule has 5 heteroatoms. The van der Waals surface area contributed by atoms with Gasteiger partial charge in [0.05, 0.1) is 29.6 Å². The Kier molecular flexibility index (Phi) is 6.55. The highest BCUT2D eigenvalue weighted by atomic mass is 35.5. The Labute approximate surface area is 108 Å². The fourth-order valence-corrected chi connectivity index (χ4v) is 2.03. The van der Waals surface area contributed by atoms with Gasteiger partial charge in [0, 0.05) is 13.2 Å². The second-order valence-corrected chi connectivity index (χ2v) is 4.27. The molecule has 0 saturated carbocycles. The molecule has 17 heavy (non-hydrogen) atoms. The van der Waals surface area contributed by atoms with Crippen molar-refractivity contribution >= 4 is 11.6 Å². The average molecular weight is 260 g/mol. The standard InChI is InChI=1S/C12H22ClN3O/c1-4-7-14-11(9-17-6-3)12-10(13)8-15-16(12)5-2/h8,11,14H,4-7,9H2,1-3H3. The fourth-order valence-electron chi connectivity index (χ4n) is 1.76. The lowest BCUT2D eigenvalue weighted by atomic mass is 10.2. The van der Waals surface area contributed by atoms with Crippen LogP contribution in [0.3, 0.4) is 0 Å². The number of nitrogens with zero attached hydrogens (tertiary/aromatic N) is 2. The summed E-state index contributed by atoms with van der Waals surface area (Å²) in [5.74, 6) is 0. The summed E-state index contributed by atoms with van der Waals surface area (Å²) >= 11 is 6.20. The van der Waals surface area contributed by atoms with E-state index in [4.69, 9.17) is 16.3 Å². The molecular weight excluding hydrogens is 238 g/mol. The quantitative estimate of drug-likeness (QED) is 0.780. The molecule has 0 aliphatic carbocycles. The first kappa shape index (κ1) is 14.5. The van der Waals surface area contributed by atoms with E-state index in [9.17, 15) is 0 Å². The third kappa shape index (κ3) is 3.98. The van der Waals surface area contributed by atoms with E-state index in [-0.39, 0.29) is 6.04 Å². The van der Waals surface area contributed by atoms with Crippen molar-refractivity contribution in [1.29, 1.82) is 0 Å². The largest absolute Gasteiger partial charge is 0.380 e. The summed E-state index contributed by atoms with van der Waals surface area (Å²) in [6.45, 7) is 9.30. The molecule has 0 bridgehead atoms. The number of rotatable bonds is 8. The van der Waals surface area contributed by atoms with Gasteiger partial charge in [0.1, 0.15) is 0 Å². The first-order chi connectivity index (χ1) is 8.24. The fraction of sp³-hybridized carbons (Fsp3) is 0.750. The molecule has 0 fully saturated rings. The Hall–Kier alpha value is -0.580. The van der Waals surface area contributed by atoms with Crippen molar-refractivity contribution in [2.75, 3.05) is 19.8 Å². The van der Waals surface area contributed by atoms with Crippen LogP contribution < -0.4 is 5.32 Å². The number of nitrogens with one attached hydrogen (secondary N) is 1. The number of hydrogen-bond donors (Lipinski definition) is 1. The molecule has 1 aromatic heterocycles. The molecule has 98 valence electrons. The summed E-state index contributed by atoms with van der Waals surface area (Å²) < 4.78 is 7.43. The van der Waals surface area contributed by atoms with Crippen LogP contribution in [-0.2, 0) is 11.3 Å². The second-order valence-electron chi connectivity index (χ2n) is 3.86. The van der Waals surface area contributed by atoms with Gasteiger partial charge >= 0.3 is 0 Å². The Morgan fingerprint density at radius 3 is 2.82 bits per heavy atom. The smallest absolute Gasteiger partial charge is 0.0835 e. The Morgan fingerprint density at radius 2 is 2.24 bits per heavy atom. The average Bonchev–Trinajstić information content (AvgIpc) is 2.71. The molecule has 1 heterocycles. The highest BCUT2D eigenvalue weighted by molar-refractivity contribution is 6.31. The van der Waals surface area contributed by atoms with Crippen LogP contribution in [0.2, 0.25) is 5.02 Å². The van der Waals surface area contributed by atoms with E-state index in [1.54, 1.807) is 6.20 Å². The highest BCUT2D eigenvalue weighted by Crippen LogP contribution is 2.23. The van der Waals surface area contributed by atoms with Gasteiger partial charge in [-0.3, -0.25) is 4.68 Å². The van der Waals surface area contributed by atoms with E-state index in [1.807, 2.05) is 11.6 Å². The Bertz CT molecular complexity index is 320. The molecule has 1 aromatic rings. The van der Waals surface area contributed by atoms with Crippen LogP contribution in [0, 0.1) is 0 Å². The van der Waals surface area contributed by atoms with Gasteiger partial charge < -0.3 is 10.1 Å². The summed E-state index contributed by atoms with van der Waals surface area (Å²) in [5, 5.41) is 8.42. The Morgan fingerprint density at radius 1 is 1.47 bits per heavy atom. The summed E-state index contributed by atoms with van der Waals surface area (Å²) in [6.07, 6.45) is 2.79. The second kappa shape index (κ2) is 7.69. The highest BCUT2D eigenvalue weighted by Gasteiger charge is 2.19. The number of hydrogen-bond acceptors (Lipinski definition) is 3. The summed E-state index contributed by atoms with van der Waals surface area (Å²) in [6, 6.07) is 0.116. The monoisotopic (exact) mass is 259 g/mol. The van der Waals surface area contributed by atoms with Gasteiger partial charge in [0.25, 0.3) is 0 Å². The molecule has 0 amide bonds. The van der Waals surface area contributed by atoms with E-state index >= 15 is 0 Å². The van der Waals surface area contributed by atoms with E-state index in [0.29, 0.717) is 18.2 Å².